The van der Waals surface area contributed by atoms with E-state index in [9.17, 15) is 5.11 Å². The second-order valence-electron chi connectivity index (χ2n) is 5.70. The second-order valence-corrected chi connectivity index (χ2v) is 7.09. The van der Waals surface area contributed by atoms with Crippen molar-refractivity contribution in [2.75, 3.05) is 0 Å². The topological polar surface area (TPSA) is 29.5 Å². The maximum atomic E-state index is 10.0. The number of hydrogen-bond donors (Lipinski definition) is 1. The predicted molar refractivity (Wildman–Crippen MR) is 69.3 cm³/mol. The molecule has 98 valence electrons. The quantitative estimate of drug-likeness (QED) is 0.701. The number of ether oxygens (including phenoxy) is 1. The van der Waals surface area contributed by atoms with Crippen LogP contribution in [-0.2, 0) is 24.1 Å². The van der Waals surface area contributed by atoms with Crippen molar-refractivity contribution in [2.24, 2.45) is 11.8 Å². The van der Waals surface area contributed by atoms with Gasteiger partial charge in [0.15, 0.2) is 0 Å². The molecule has 1 heterocycles. The van der Waals surface area contributed by atoms with Crippen LogP contribution in [0.25, 0.3) is 0 Å². The van der Waals surface area contributed by atoms with E-state index in [0.29, 0.717) is 15.9 Å². The van der Waals surface area contributed by atoms with Gasteiger partial charge in [-0.25, -0.2) is 0 Å². The van der Waals surface area contributed by atoms with Gasteiger partial charge in [-0.1, -0.05) is 0 Å². The van der Waals surface area contributed by atoms with Gasteiger partial charge in [-0.05, 0) is 0 Å². The Balaban J connectivity index is 2.53. The molecule has 2 atom stereocenters. The van der Waals surface area contributed by atoms with Gasteiger partial charge in [0.1, 0.15) is 0 Å². The summed E-state index contributed by atoms with van der Waals surface area (Å²) >= 11 is 1.09. The number of aliphatic hydroxyl groups is 1. The van der Waals surface area contributed by atoms with Gasteiger partial charge in [0.25, 0.3) is 0 Å². The van der Waals surface area contributed by atoms with Crippen molar-refractivity contribution >= 4 is 4.08 Å². The molecule has 0 saturated heterocycles. The zero-order chi connectivity index (χ0) is 13.5. The molecule has 0 aromatic rings. The number of rotatable bonds is 2. The summed E-state index contributed by atoms with van der Waals surface area (Å²) < 4.78 is 6.52. The molecule has 1 aliphatic carbocycles. The van der Waals surface area contributed by atoms with E-state index in [0.717, 1.165) is 43.5 Å². The van der Waals surface area contributed by atoms with Crippen LogP contribution < -0.4 is 0 Å². The Kier molecular flexibility index (Phi) is 3.80. The maximum absolute atomic E-state index is 10.0. The van der Waals surface area contributed by atoms with Gasteiger partial charge in [-0.2, -0.15) is 0 Å². The predicted octanol–water partition coefficient (Wildman–Crippen LogP) is 3.26. The fourth-order valence-electron chi connectivity index (χ4n) is 3.15. The van der Waals surface area contributed by atoms with Crippen LogP contribution in [0.15, 0.2) is 35.6 Å². The van der Waals surface area contributed by atoms with Crippen LogP contribution in [0.5, 0.6) is 0 Å². The van der Waals surface area contributed by atoms with Crippen LogP contribution in [-0.4, -0.2) is 14.8 Å². The molecule has 0 bridgehead atoms. The Morgan fingerprint density at radius 1 is 1.61 bits per heavy atom. The van der Waals surface area contributed by atoms with Gasteiger partial charge in [-0.15, -0.1) is 0 Å². The minimum atomic E-state index is -0.195. The molecule has 0 spiro atoms. The molecule has 0 radical (unpaired) electrons. The van der Waals surface area contributed by atoms with E-state index in [-0.39, 0.29) is 5.60 Å². The van der Waals surface area contributed by atoms with E-state index < -0.39 is 0 Å². The SMILES string of the molecule is C=CC1=C([C](O)=[W])C2CC(C)=CCC2C(C)(C)O1. The zero-order valence-electron chi connectivity index (χ0n) is 11.2. The third kappa shape index (κ3) is 2.33. The Bertz CT molecular complexity index is 457. The van der Waals surface area contributed by atoms with Gasteiger partial charge in [0.05, 0.1) is 0 Å². The first-order chi connectivity index (χ1) is 8.36. The molecule has 0 amide bonds. The minimum absolute atomic E-state index is 0.195. The van der Waals surface area contributed by atoms with E-state index in [1.54, 1.807) is 6.08 Å². The van der Waals surface area contributed by atoms with Crippen molar-refractivity contribution in [1.29, 1.82) is 0 Å². The van der Waals surface area contributed by atoms with Gasteiger partial charge < -0.3 is 0 Å². The van der Waals surface area contributed by atoms with Crippen molar-refractivity contribution in [3.63, 3.8) is 0 Å². The molecule has 0 aromatic carbocycles. The third-order valence-electron chi connectivity index (χ3n) is 4.07. The van der Waals surface area contributed by atoms with E-state index in [4.69, 9.17) is 4.74 Å². The molecule has 18 heavy (non-hydrogen) atoms. The molecule has 3 heteroatoms. The third-order valence-corrected chi connectivity index (χ3v) is 4.86. The Hall–Kier alpha value is -0.462. The summed E-state index contributed by atoms with van der Waals surface area (Å²) in [7, 11) is 0. The fourth-order valence-corrected chi connectivity index (χ4v) is 4.05. The molecule has 0 saturated carbocycles. The number of allylic oxidation sites excluding steroid dienone is 3. The van der Waals surface area contributed by atoms with Crippen molar-refractivity contribution < 1.29 is 29.2 Å². The Morgan fingerprint density at radius 3 is 2.83 bits per heavy atom. The van der Waals surface area contributed by atoms with E-state index in [2.05, 4.69) is 33.4 Å². The molecule has 2 nitrogen and oxygen atoms in total. The van der Waals surface area contributed by atoms with Crippen molar-refractivity contribution in [2.45, 2.75) is 39.2 Å². The monoisotopic (exact) mass is 416 g/mol. The van der Waals surface area contributed by atoms with Gasteiger partial charge in [0, 0.05) is 0 Å². The van der Waals surface area contributed by atoms with Crippen LogP contribution in [0.1, 0.15) is 33.6 Å². The van der Waals surface area contributed by atoms with Gasteiger partial charge in [0.2, 0.25) is 0 Å². The summed E-state index contributed by atoms with van der Waals surface area (Å²) in [4.78, 5) is 0. The first kappa shape index (κ1) is 14.0. The average Bonchev–Trinajstić information content (AvgIpc) is 2.26. The summed E-state index contributed by atoms with van der Waals surface area (Å²) in [6.45, 7) is 10.3. The van der Waals surface area contributed by atoms with Gasteiger partial charge in [-0.3, -0.25) is 0 Å². The Morgan fingerprint density at radius 2 is 2.28 bits per heavy atom. The van der Waals surface area contributed by atoms with Crippen LogP contribution in [0, 0.1) is 11.8 Å². The molecular formula is C15H20O2W. The second kappa shape index (κ2) is 4.90. The molecule has 2 unspecified atom stereocenters. The summed E-state index contributed by atoms with van der Waals surface area (Å²) in [5.41, 5.74) is 2.20. The first-order valence-electron chi connectivity index (χ1n) is 6.31. The summed E-state index contributed by atoms with van der Waals surface area (Å²) in [5.74, 6) is 1.56. The fraction of sp³-hybridized carbons (Fsp3) is 0.533. The van der Waals surface area contributed by atoms with Crippen LogP contribution in [0.3, 0.4) is 0 Å². The number of aliphatic hydroxyl groups excluding tert-OH is 1. The summed E-state index contributed by atoms with van der Waals surface area (Å²) in [6, 6.07) is 0. The van der Waals surface area contributed by atoms with Crippen molar-refractivity contribution in [3.8, 4) is 0 Å². The Labute approximate surface area is 120 Å². The first-order valence-corrected chi connectivity index (χ1v) is 7.78. The van der Waals surface area contributed by atoms with Crippen molar-refractivity contribution in [1.82, 2.24) is 0 Å². The molecule has 0 aromatic heterocycles. The standard InChI is InChI=1S/C15H20O2.W/c1-5-14-12(9-16)11-8-10(2)6-7-13(11)15(3,4)17-14;/h5-6,11,13,16H,1,7-8H2,2-4H3;. The molecule has 1 N–H and O–H groups in total. The molecule has 2 aliphatic rings. The van der Waals surface area contributed by atoms with Crippen molar-refractivity contribution in [3.05, 3.63) is 35.6 Å². The number of fused-ring (bicyclic) bond motifs is 1. The zero-order valence-corrected chi connectivity index (χ0v) is 14.1. The molecule has 0 fully saturated rings. The van der Waals surface area contributed by atoms with E-state index in [1.165, 1.54) is 5.57 Å². The molecule has 1 aliphatic heterocycles. The normalized spacial score (nSPS) is 30.1. The number of hydrogen-bond acceptors (Lipinski definition) is 2. The molecular weight excluding hydrogens is 396 g/mol. The average molecular weight is 416 g/mol. The van der Waals surface area contributed by atoms with E-state index >= 15 is 0 Å². The summed E-state index contributed by atoms with van der Waals surface area (Å²) in [5, 5.41) is 10.0. The van der Waals surface area contributed by atoms with Crippen LogP contribution in [0.4, 0.5) is 0 Å². The molecule has 2 rings (SSSR count). The van der Waals surface area contributed by atoms with E-state index in [1.807, 2.05) is 0 Å². The summed E-state index contributed by atoms with van der Waals surface area (Å²) in [6.07, 6.45) is 6.09. The van der Waals surface area contributed by atoms with Crippen LogP contribution in [0.2, 0.25) is 0 Å². The van der Waals surface area contributed by atoms with Crippen LogP contribution >= 0.6 is 0 Å². The van der Waals surface area contributed by atoms with Gasteiger partial charge >= 0.3 is 120 Å².